The standard InChI is InChI=1S/C21H35NO6/c1-14(2)8-10-26-19(3,4)17-16(25-6)15(7-9-21(17)13-27-21)28-18(23)22-11-20(5,24)12-22/h8,10,14-17,24H,7,9,11-13H2,1-6H3/b10-8+/t15-,16-,17?,21+/m1/s1. The van der Waals surface area contributed by atoms with Crippen LogP contribution in [0.3, 0.4) is 0 Å². The number of β-amino-alcohol motifs (C(OH)–C–C–N with tert-alkyl or cyclic N) is 1. The van der Waals surface area contributed by atoms with Gasteiger partial charge in [0, 0.05) is 7.11 Å². The Labute approximate surface area is 168 Å². The summed E-state index contributed by atoms with van der Waals surface area (Å²) in [5.41, 5.74) is -1.65. The number of allylic oxidation sites excluding steroid dienone is 1. The topological polar surface area (TPSA) is 80.8 Å². The van der Waals surface area contributed by atoms with Gasteiger partial charge in [-0.3, -0.25) is 0 Å². The highest BCUT2D eigenvalue weighted by Crippen LogP contribution is 2.53. The number of likely N-dealkylation sites (tertiary alicyclic amines) is 1. The van der Waals surface area contributed by atoms with Crippen molar-refractivity contribution in [3.05, 3.63) is 12.3 Å². The van der Waals surface area contributed by atoms with Crippen LogP contribution >= 0.6 is 0 Å². The van der Waals surface area contributed by atoms with Gasteiger partial charge in [-0.05, 0) is 45.6 Å². The number of nitrogens with zero attached hydrogens (tertiary/aromatic N) is 1. The third-order valence-corrected chi connectivity index (χ3v) is 6.06. The number of hydrogen-bond donors (Lipinski definition) is 1. The summed E-state index contributed by atoms with van der Waals surface area (Å²) in [6, 6.07) is 0. The molecule has 3 aliphatic rings. The fourth-order valence-corrected chi connectivity index (χ4v) is 4.63. The van der Waals surface area contributed by atoms with Gasteiger partial charge in [0.25, 0.3) is 0 Å². The Kier molecular flexibility index (Phi) is 5.73. The molecule has 2 aliphatic heterocycles. The Hall–Kier alpha value is -1.31. The molecule has 0 bridgehead atoms. The Morgan fingerprint density at radius 1 is 1.36 bits per heavy atom. The normalized spacial score (nSPS) is 34.6. The molecule has 1 N–H and O–H groups in total. The van der Waals surface area contributed by atoms with Crippen LogP contribution in [0, 0.1) is 11.8 Å². The summed E-state index contributed by atoms with van der Waals surface area (Å²) in [6.45, 7) is 11.2. The lowest BCUT2D eigenvalue weighted by molar-refractivity contribution is -0.166. The average molecular weight is 398 g/mol. The van der Waals surface area contributed by atoms with Gasteiger partial charge in [-0.2, -0.15) is 0 Å². The fourth-order valence-electron chi connectivity index (χ4n) is 4.63. The molecule has 7 heteroatoms. The van der Waals surface area contributed by atoms with E-state index >= 15 is 0 Å². The monoisotopic (exact) mass is 397 g/mol. The van der Waals surface area contributed by atoms with Gasteiger partial charge in [0.1, 0.15) is 23.4 Å². The van der Waals surface area contributed by atoms with Gasteiger partial charge in [-0.25, -0.2) is 4.79 Å². The number of amides is 1. The zero-order valence-corrected chi connectivity index (χ0v) is 17.9. The van der Waals surface area contributed by atoms with Crippen molar-refractivity contribution in [2.24, 2.45) is 11.8 Å². The van der Waals surface area contributed by atoms with Crippen molar-refractivity contribution in [3.63, 3.8) is 0 Å². The highest BCUT2D eigenvalue weighted by atomic mass is 16.6. The molecule has 1 aliphatic carbocycles. The number of aliphatic hydroxyl groups is 1. The van der Waals surface area contributed by atoms with E-state index in [0.717, 1.165) is 6.42 Å². The molecule has 0 aromatic rings. The summed E-state index contributed by atoms with van der Waals surface area (Å²) >= 11 is 0. The van der Waals surface area contributed by atoms with E-state index in [2.05, 4.69) is 13.8 Å². The van der Waals surface area contributed by atoms with Crippen molar-refractivity contribution in [1.29, 1.82) is 0 Å². The number of carbonyl (C=O) groups is 1. The minimum Gasteiger partial charge on any atom is -0.495 e. The Bertz CT molecular complexity index is 602. The van der Waals surface area contributed by atoms with E-state index in [9.17, 15) is 9.90 Å². The van der Waals surface area contributed by atoms with Crippen molar-refractivity contribution in [3.8, 4) is 0 Å². The lowest BCUT2D eigenvalue weighted by atomic mass is 9.68. The molecule has 0 radical (unpaired) electrons. The third kappa shape index (κ3) is 4.31. The van der Waals surface area contributed by atoms with Crippen molar-refractivity contribution < 1.29 is 28.8 Å². The van der Waals surface area contributed by atoms with Crippen molar-refractivity contribution in [2.75, 3.05) is 26.8 Å². The summed E-state index contributed by atoms with van der Waals surface area (Å²) in [5.74, 6) is 0.321. The average Bonchev–Trinajstić information content (AvgIpc) is 3.32. The van der Waals surface area contributed by atoms with E-state index in [0.29, 0.717) is 32.0 Å². The molecule has 0 aromatic heterocycles. The van der Waals surface area contributed by atoms with Crippen LogP contribution in [0.25, 0.3) is 0 Å². The minimum atomic E-state index is -0.820. The van der Waals surface area contributed by atoms with Crippen molar-refractivity contribution in [1.82, 2.24) is 4.90 Å². The molecule has 1 saturated carbocycles. The van der Waals surface area contributed by atoms with E-state index < -0.39 is 17.3 Å². The van der Waals surface area contributed by atoms with Crippen LogP contribution in [-0.2, 0) is 18.9 Å². The Morgan fingerprint density at radius 3 is 2.50 bits per heavy atom. The lowest BCUT2D eigenvalue weighted by Crippen LogP contribution is -2.63. The quantitative estimate of drug-likeness (QED) is 0.548. The number of ether oxygens (including phenoxy) is 4. The van der Waals surface area contributed by atoms with E-state index in [-0.39, 0.29) is 23.7 Å². The highest BCUT2D eigenvalue weighted by Gasteiger charge is 2.64. The van der Waals surface area contributed by atoms with Crippen LogP contribution < -0.4 is 0 Å². The van der Waals surface area contributed by atoms with E-state index in [1.165, 1.54) is 4.90 Å². The van der Waals surface area contributed by atoms with Crippen molar-refractivity contribution in [2.45, 2.75) is 76.5 Å². The Balaban J connectivity index is 1.72. The number of carbonyl (C=O) groups excluding carboxylic acids is 1. The molecule has 1 amide bonds. The van der Waals surface area contributed by atoms with Crippen LogP contribution in [0.1, 0.15) is 47.5 Å². The molecule has 2 heterocycles. The van der Waals surface area contributed by atoms with Crippen LogP contribution in [0.15, 0.2) is 12.3 Å². The molecule has 1 unspecified atom stereocenters. The predicted molar refractivity (Wildman–Crippen MR) is 104 cm³/mol. The van der Waals surface area contributed by atoms with Gasteiger partial charge in [-0.1, -0.05) is 13.8 Å². The van der Waals surface area contributed by atoms with Gasteiger partial charge in [0.05, 0.1) is 37.5 Å². The highest BCUT2D eigenvalue weighted by molar-refractivity contribution is 5.69. The number of hydrogen-bond acceptors (Lipinski definition) is 6. The molecule has 3 rings (SSSR count). The molecule has 4 atom stereocenters. The first-order chi connectivity index (χ1) is 13.0. The van der Waals surface area contributed by atoms with E-state index in [4.69, 9.17) is 18.9 Å². The Morgan fingerprint density at radius 2 is 2.00 bits per heavy atom. The molecule has 1 spiro atoms. The largest absolute Gasteiger partial charge is 0.495 e. The zero-order valence-electron chi connectivity index (χ0n) is 17.9. The second-order valence-corrected chi connectivity index (χ2v) is 9.64. The van der Waals surface area contributed by atoms with Gasteiger partial charge >= 0.3 is 6.09 Å². The minimum absolute atomic E-state index is 0.0761. The van der Waals surface area contributed by atoms with Gasteiger partial charge in [-0.15, -0.1) is 0 Å². The summed E-state index contributed by atoms with van der Waals surface area (Å²) in [4.78, 5) is 14.0. The third-order valence-electron chi connectivity index (χ3n) is 6.06. The van der Waals surface area contributed by atoms with Crippen LogP contribution in [0.2, 0.25) is 0 Å². The molecular weight excluding hydrogens is 362 g/mol. The molecule has 0 aromatic carbocycles. The summed E-state index contributed by atoms with van der Waals surface area (Å²) in [5, 5.41) is 9.87. The maximum absolute atomic E-state index is 12.5. The molecule has 3 fully saturated rings. The summed E-state index contributed by atoms with van der Waals surface area (Å²) in [6.07, 6.45) is 4.15. The lowest BCUT2D eigenvalue weighted by Gasteiger charge is -2.48. The van der Waals surface area contributed by atoms with Crippen LogP contribution in [0.4, 0.5) is 4.79 Å². The second kappa shape index (κ2) is 7.50. The summed E-state index contributed by atoms with van der Waals surface area (Å²) < 4.78 is 23.7. The second-order valence-electron chi connectivity index (χ2n) is 9.64. The molecule has 2 saturated heterocycles. The molecule has 160 valence electrons. The van der Waals surface area contributed by atoms with Gasteiger partial charge in [0.15, 0.2) is 0 Å². The first-order valence-corrected chi connectivity index (χ1v) is 10.2. The molecular formula is C21H35NO6. The SMILES string of the molecule is CO[C@H]1C(C(C)(C)O/C=C/C(C)C)[C@]2(CC[C@H]1OC(=O)N1CC(C)(O)C1)CO2. The summed E-state index contributed by atoms with van der Waals surface area (Å²) in [7, 11) is 1.65. The maximum atomic E-state index is 12.5. The smallest absolute Gasteiger partial charge is 0.410 e. The van der Waals surface area contributed by atoms with Gasteiger partial charge in [0.2, 0.25) is 0 Å². The predicted octanol–water partition coefficient (Wildman–Crippen LogP) is 2.72. The van der Waals surface area contributed by atoms with Crippen LogP contribution in [0.5, 0.6) is 0 Å². The van der Waals surface area contributed by atoms with Crippen LogP contribution in [-0.4, -0.2) is 71.9 Å². The number of epoxide rings is 1. The zero-order chi connectivity index (χ0) is 20.7. The fraction of sp³-hybridized carbons (Fsp3) is 0.857. The van der Waals surface area contributed by atoms with Crippen molar-refractivity contribution >= 4 is 6.09 Å². The first kappa shape index (κ1) is 21.4. The maximum Gasteiger partial charge on any atom is 0.410 e. The number of methoxy groups -OCH3 is 1. The van der Waals surface area contributed by atoms with E-state index in [1.54, 1.807) is 20.3 Å². The molecule has 28 heavy (non-hydrogen) atoms. The number of rotatable bonds is 6. The van der Waals surface area contributed by atoms with E-state index in [1.807, 2.05) is 19.9 Å². The van der Waals surface area contributed by atoms with Gasteiger partial charge < -0.3 is 29.0 Å². The first-order valence-electron chi connectivity index (χ1n) is 10.2. The molecule has 7 nitrogen and oxygen atoms in total.